The molecule has 0 saturated carbocycles. The molecule has 0 spiro atoms. The summed E-state index contributed by atoms with van der Waals surface area (Å²) in [4.78, 5) is 13.7. The van der Waals surface area contributed by atoms with Crippen LogP contribution < -0.4 is 0 Å². The lowest BCUT2D eigenvalue weighted by Crippen LogP contribution is -2.09. The van der Waals surface area contributed by atoms with E-state index >= 15 is 0 Å². The van der Waals surface area contributed by atoms with Crippen LogP contribution in [0.2, 0.25) is 0 Å². The van der Waals surface area contributed by atoms with Gasteiger partial charge in [-0.1, -0.05) is 0 Å². The SMILES string of the molecule is O=C(O)/C=C/c1c(I)cncc1C(F)(F)F. The highest BCUT2D eigenvalue weighted by Crippen LogP contribution is 2.33. The number of halogens is 4. The Kier molecular flexibility index (Phi) is 3.89. The van der Waals surface area contributed by atoms with Crippen molar-refractivity contribution in [2.75, 3.05) is 0 Å². The molecule has 0 unspecified atom stereocenters. The number of carboxylic acid groups (broad SMARTS) is 1. The molecule has 0 saturated heterocycles. The van der Waals surface area contributed by atoms with Crippen molar-refractivity contribution >= 4 is 34.6 Å². The van der Waals surface area contributed by atoms with Gasteiger partial charge in [0.05, 0.1) is 5.56 Å². The zero-order valence-electron chi connectivity index (χ0n) is 7.62. The number of aliphatic carboxylic acids is 1. The monoisotopic (exact) mass is 343 g/mol. The van der Waals surface area contributed by atoms with E-state index in [1.807, 2.05) is 0 Å². The predicted molar refractivity (Wildman–Crippen MR) is 58.6 cm³/mol. The van der Waals surface area contributed by atoms with Crippen LogP contribution in [0.4, 0.5) is 13.2 Å². The highest BCUT2D eigenvalue weighted by atomic mass is 127. The topological polar surface area (TPSA) is 50.2 Å². The van der Waals surface area contributed by atoms with Crippen molar-refractivity contribution < 1.29 is 23.1 Å². The van der Waals surface area contributed by atoms with Crippen molar-refractivity contribution in [3.05, 3.63) is 33.2 Å². The quantitative estimate of drug-likeness (QED) is 0.664. The summed E-state index contributed by atoms with van der Waals surface area (Å²) >= 11 is 1.67. The number of nitrogens with zero attached hydrogens (tertiary/aromatic N) is 1. The van der Waals surface area contributed by atoms with E-state index in [-0.39, 0.29) is 9.13 Å². The van der Waals surface area contributed by atoms with Crippen LogP contribution in [0.1, 0.15) is 11.1 Å². The van der Waals surface area contributed by atoms with Gasteiger partial charge in [-0.3, -0.25) is 4.98 Å². The summed E-state index contributed by atoms with van der Waals surface area (Å²) in [6.07, 6.45) is -1.07. The van der Waals surface area contributed by atoms with Crippen LogP contribution in [-0.4, -0.2) is 16.1 Å². The van der Waals surface area contributed by atoms with Gasteiger partial charge in [-0.15, -0.1) is 0 Å². The molecule has 1 aromatic rings. The van der Waals surface area contributed by atoms with Crippen LogP contribution in [-0.2, 0) is 11.0 Å². The van der Waals surface area contributed by atoms with Crippen LogP contribution in [0.5, 0.6) is 0 Å². The van der Waals surface area contributed by atoms with Gasteiger partial charge in [-0.2, -0.15) is 13.2 Å². The normalized spacial score (nSPS) is 12.0. The molecule has 0 fully saturated rings. The molecule has 1 rings (SSSR count). The minimum atomic E-state index is -4.55. The third-order valence-electron chi connectivity index (χ3n) is 1.64. The molecular formula is C9H5F3INO2. The lowest BCUT2D eigenvalue weighted by atomic mass is 10.1. The van der Waals surface area contributed by atoms with Crippen molar-refractivity contribution in [2.24, 2.45) is 0 Å². The Morgan fingerprint density at radius 1 is 1.44 bits per heavy atom. The first-order chi connectivity index (χ1) is 7.32. The first kappa shape index (κ1) is 12.9. The van der Waals surface area contributed by atoms with Gasteiger partial charge in [0.15, 0.2) is 0 Å². The summed E-state index contributed by atoms with van der Waals surface area (Å²) in [5.41, 5.74) is -1.14. The summed E-state index contributed by atoms with van der Waals surface area (Å²) < 4.78 is 37.8. The Labute approximate surface area is 102 Å². The molecule has 0 aliphatic carbocycles. The molecular weight excluding hydrogens is 338 g/mol. The molecule has 1 heterocycles. The van der Waals surface area contributed by atoms with E-state index < -0.39 is 17.7 Å². The first-order valence-corrected chi connectivity index (χ1v) is 5.02. The van der Waals surface area contributed by atoms with Crippen LogP contribution in [0.3, 0.4) is 0 Å². The molecule has 86 valence electrons. The second-order valence-electron chi connectivity index (χ2n) is 2.75. The zero-order valence-corrected chi connectivity index (χ0v) is 9.78. The van der Waals surface area contributed by atoms with Crippen LogP contribution in [0.25, 0.3) is 6.08 Å². The van der Waals surface area contributed by atoms with Crippen molar-refractivity contribution in [1.29, 1.82) is 0 Å². The molecule has 0 aliphatic rings. The second kappa shape index (κ2) is 4.81. The Morgan fingerprint density at radius 2 is 2.06 bits per heavy atom. The van der Waals surface area contributed by atoms with Gasteiger partial charge in [0.1, 0.15) is 0 Å². The molecule has 16 heavy (non-hydrogen) atoms. The third-order valence-corrected chi connectivity index (χ3v) is 2.50. The number of carboxylic acids is 1. The largest absolute Gasteiger partial charge is 0.478 e. The molecule has 0 amide bonds. The third kappa shape index (κ3) is 3.19. The van der Waals surface area contributed by atoms with Gasteiger partial charge in [0.2, 0.25) is 0 Å². The van der Waals surface area contributed by atoms with Crippen LogP contribution in [0.15, 0.2) is 18.5 Å². The van der Waals surface area contributed by atoms with Crippen molar-refractivity contribution in [1.82, 2.24) is 4.98 Å². The fourth-order valence-corrected chi connectivity index (χ4v) is 1.63. The Balaban J connectivity index is 3.30. The number of pyridine rings is 1. The smallest absolute Gasteiger partial charge is 0.418 e. The summed E-state index contributed by atoms with van der Waals surface area (Å²) in [6, 6.07) is 0. The maximum Gasteiger partial charge on any atom is 0.418 e. The number of hydrogen-bond donors (Lipinski definition) is 1. The van der Waals surface area contributed by atoms with Gasteiger partial charge in [-0.05, 0) is 28.7 Å². The highest BCUT2D eigenvalue weighted by Gasteiger charge is 2.33. The van der Waals surface area contributed by atoms with E-state index in [9.17, 15) is 18.0 Å². The molecule has 0 radical (unpaired) electrons. The molecule has 3 nitrogen and oxygen atoms in total. The maximum absolute atomic E-state index is 12.5. The summed E-state index contributed by atoms with van der Waals surface area (Å²) in [5.74, 6) is -1.30. The van der Waals surface area contributed by atoms with E-state index in [0.29, 0.717) is 12.3 Å². The summed E-state index contributed by atoms with van der Waals surface area (Å²) in [6.45, 7) is 0. The van der Waals surface area contributed by atoms with E-state index in [1.54, 1.807) is 22.6 Å². The Hall–Kier alpha value is -1.12. The van der Waals surface area contributed by atoms with Crippen LogP contribution in [0, 0.1) is 3.57 Å². The van der Waals surface area contributed by atoms with E-state index in [0.717, 1.165) is 6.08 Å². The highest BCUT2D eigenvalue weighted by molar-refractivity contribution is 14.1. The van der Waals surface area contributed by atoms with Gasteiger partial charge in [0, 0.05) is 27.6 Å². The minimum Gasteiger partial charge on any atom is -0.478 e. The standard InChI is InChI=1S/C9H5F3INO2/c10-9(11,12)6-3-14-4-7(13)5(6)1-2-8(15)16/h1-4H,(H,15,16)/b2-1+. The molecule has 1 aromatic heterocycles. The average molecular weight is 343 g/mol. The number of alkyl halides is 3. The van der Waals surface area contributed by atoms with E-state index in [4.69, 9.17) is 5.11 Å². The Morgan fingerprint density at radius 3 is 2.56 bits per heavy atom. The zero-order chi connectivity index (χ0) is 12.3. The van der Waals surface area contributed by atoms with Crippen molar-refractivity contribution in [3.8, 4) is 0 Å². The number of hydrogen-bond acceptors (Lipinski definition) is 2. The number of rotatable bonds is 2. The first-order valence-electron chi connectivity index (χ1n) is 3.94. The second-order valence-corrected chi connectivity index (χ2v) is 3.91. The maximum atomic E-state index is 12.5. The molecule has 0 aliphatic heterocycles. The fourth-order valence-electron chi connectivity index (χ4n) is 0.995. The lowest BCUT2D eigenvalue weighted by molar-refractivity contribution is -0.138. The lowest BCUT2D eigenvalue weighted by Gasteiger charge is -2.10. The average Bonchev–Trinajstić information content (AvgIpc) is 2.13. The van der Waals surface area contributed by atoms with Gasteiger partial charge < -0.3 is 5.11 Å². The number of aromatic nitrogens is 1. The van der Waals surface area contributed by atoms with Gasteiger partial charge >= 0.3 is 12.1 Å². The van der Waals surface area contributed by atoms with Crippen molar-refractivity contribution in [3.63, 3.8) is 0 Å². The summed E-state index contributed by atoms with van der Waals surface area (Å²) in [7, 11) is 0. The van der Waals surface area contributed by atoms with E-state index in [2.05, 4.69) is 4.98 Å². The minimum absolute atomic E-state index is 0.189. The molecule has 0 bridgehead atoms. The Bertz CT molecular complexity index is 443. The molecule has 0 aromatic carbocycles. The molecule has 0 atom stereocenters. The van der Waals surface area contributed by atoms with Gasteiger partial charge in [-0.25, -0.2) is 4.79 Å². The van der Waals surface area contributed by atoms with Crippen molar-refractivity contribution in [2.45, 2.75) is 6.18 Å². The number of carbonyl (C=O) groups is 1. The molecule has 1 N–H and O–H groups in total. The van der Waals surface area contributed by atoms with Crippen LogP contribution >= 0.6 is 22.6 Å². The summed E-state index contributed by atoms with van der Waals surface area (Å²) in [5, 5.41) is 8.37. The van der Waals surface area contributed by atoms with Gasteiger partial charge in [0.25, 0.3) is 0 Å². The van der Waals surface area contributed by atoms with E-state index in [1.165, 1.54) is 6.20 Å². The fraction of sp³-hybridized carbons (Fsp3) is 0.111. The molecule has 7 heteroatoms. The predicted octanol–water partition coefficient (Wildman–Crippen LogP) is 2.80.